The number of rotatable bonds is 10. The van der Waals surface area contributed by atoms with E-state index in [1.807, 2.05) is 0 Å². The molecule has 0 aliphatic carbocycles. The van der Waals surface area contributed by atoms with Gasteiger partial charge in [-0.25, -0.2) is 13.1 Å². The van der Waals surface area contributed by atoms with Gasteiger partial charge in [-0.2, -0.15) is 0 Å². The van der Waals surface area contributed by atoms with Crippen molar-refractivity contribution in [1.29, 1.82) is 0 Å². The Morgan fingerprint density at radius 2 is 1.93 bits per heavy atom. The number of imidazole rings is 1. The Morgan fingerprint density at radius 3 is 2.52 bits per heavy atom. The van der Waals surface area contributed by atoms with Gasteiger partial charge < -0.3 is 20.0 Å². The number of aryl methyl sites for hydroxylation is 2. The Bertz CT molecular complexity index is 984. The molecular weight excluding hydrogens is 398 g/mol. The molecule has 2 N–H and O–H groups in total. The van der Waals surface area contributed by atoms with E-state index in [4.69, 9.17) is 0 Å². The van der Waals surface area contributed by atoms with Crippen molar-refractivity contribution in [3.63, 3.8) is 0 Å². The Kier molecular flexibility index (Phi) is 7.46. The Morgan fingerprint density at radius 1 is 1.28 bits per heavy atom. The second kappa shape index (κ2) is 9.61. The number of sulfonamides is 1. The van der Waals surface area contributed by atoms with Crippen LogP contribution in [0.2, 0.25) is 0 Å². The van der Waals surface area contributed by atoms with Crippen molar-refractivity contribution in [3.8, 4) is 0 Å². The summed E-state index contributed by atoms with van der Waals surface area (Å²) in [5.74, 6) is -0.223. The van der Waals surface area contributed by atoms with Crippen LogP contribution in [0.1, 0.15) is 37.2 Å². The van der Waals surface area contributed by atoms with E-state index in [0.29, 0.717) is 17.0 Å². The molecule has 29 heavy (non-hydrogen) atoms. The monoisotopic (exact) mass is 423 g/mol. The zero-order chi connectivity index (χ0) is 21.6. The molecule has 0 bridgehead atoms. The topological polar surface area (TPSA) is 136 Å². The number of amides is 1. The summed E-state index contributed by atoms with van der Waals surface area (Å²) in [4.78, 5) is 26.2. The first-order chi connectivity index (χ1) is 13.6. The normalized spacial score (nSPS) is 11.6. The molecule has 0 saturated carbocycles. The van der Waals surface area contributed by atoms with Crippen molar-refractivity contribution in [2.45, 2.75) is 52.1 Å². The molecule has 1 aromatic carbocycles. The number of nitrogens with one attached hydrogen (secondary N) is 2. The fourth-order valence-corrected chi connectivity index (χ4v) is 4.28. The summed E-state index contributed by atoms with van der Waals surface area (Å²) >= 11 is 0. The predicted molar refractivity (Wildman–Crippen MR) is 107 cm³/mol. The lowest BCUT2D eigenvalue weighted by Gasteiger charge is -2.13. The van der Waals surface area contributed by atoms with Crippen molar-refractivity contribution in [1.82, 2.24) is 19.6 Å². The Labute approximate surface area is 169 Å². The maximum absolute atomic E-state index is 12.2. The van der Waals surface area contributed by atoms with E-state index in [2.05, 4.69) is 15.0 Å². The van der Waals surface area contributed by atoms with Crippen LogP contribution >= 0.6 is 0 Å². The van der Waals surface area contributed by atoms with Crippen LogP contribution in [0.15, 0.2) is 30.5 Å². The Hall–Kier alpha value is -2.79. The molecule has 0 radical (unpaired) electrons. The van der Waals surface area contributed by atoms with Gasteiger partial charge in [0.1, 0.15) is 6.20 Å². The smallest absolute Gasteiger partial charge is 0.358 e. The average Bonchev–Trinajstić information content (AvgIpc) is 2.99. The molecule has 158 valence electrons. The van der Waals surface area contributed by atoms with Crippen LogP contribution in [0.25, 0.3) is 0 Å². The van der Waals surface area contributed by atoms with E-state index >= 15 is 0 Å². The molecule has 11 heteroatoms. The zero-order valence-corrected chi connectivity index (χ0v) is 17.4. The SMILES string of the molecule is Cc1nc([N+](=O)[O-])cn1CCC(=O)NCc1ccccc1CS(=O)(=O)NC(C)C. The molecule has 0 atom stereocenters. The Balaban J connectivity index is 1.94. The van der Waals surface area contributed by atoms with Crippen LogP contribution in [0.5, 0.6) is 0 Å². The van der Waals surface area contributed by atoms with Gasteiger partial charge in [0.25, 0.3) is 0 Å². The van der Waals surface area contributed by atoms with E-state index in [1.165, 1.54) is 6.20 Å². The third-order valence-corrected chi connectivity index (χ3v) is 5.61. The van der Waals surface area contributed by atoms with Crippen LogP contribution in [0, 0.1) is 17.0 Å². The standard InChI is InChI=1S/C18H25N5O5S/c1-13(2)21-29(27,28)12-16-7-5-4-6-15(16)10-19-18(24)8-9-22-11-17(23(25)26)20-14(22)3/h4-7,11,13,21H,8-10,12H2,1-3H3,(H,19,24). The minimum atomic E-state index is -3.48. The highest BCUT2D eigenvalue weighted by Gasteiger charge is 2.17. The molecule has 2 rings (SSSR count). The first-order valence-corrected chi connectivity index (χ1v) is 10.7. The largest absolute Gasteiger partial charge is 0.381 e. The molecular formula is C18H25N5O5S. The number of hydrogen-bond donors (Lipinski definition) is 2. The van der Waals surface area contributed by atoms with Gasteiger partial charge in [0, 0.05) is 32.5 Å². The molecule has 1 heterocycles. The molecule has 0 aliphatic heterocycles. The zero-order valence-electron chi connectivity index (χ0n) is 16.6. The van der Waals surface area contributed by atoms with Gasteiger partial charge >= 0.3 is 5.82 Å². The lowest BCUT2D eigenvalue weighted by molar-refractivity contribution is -0.389. The molecule has 0 unspecified atom stereocenters. The van der Waals surface area contributed by atoms with Crippen LogP contribution < -0.4 is 10.0 Å². The summed E-state index contributed by atoms with van der Waals surface area (Å²) in [5.41, 5.74) is 1.33. The molecule has 2 aromatic rings. The van der Waals surface area contributed by atoms with E-state index in [-0.39, 0.29) is 43.0 Å². The molecule has 0 spiro atoms. The van der Waals surface area contributed by atoms with Crippen molar-refractivity contribution in [2.24, 2.45) is 0 Å². The van der Waals surface area contributed by atoms with Gasteiger partial charge in [-0.3, -0.25) is 4.79 Å². The van der Waals surface area contributed by atoms with Crippen LogP contribution in [-0.4, -0.2) is 34.8 Å². The summed E-state index contributed by atoms with van der Waals surface area (Å²) in [6.07, 6.45) is 1.41. The van der Waals surface area contributed by atoms with Crippen LogP contribution in [0.4, 0.5) is 5.82 Å². The highest BCUT2D eigenvalue weighted by Crippen LogP contribution is 2.13. The average molecular weight is 423 g/mol. The fraction of sp³-hybridized carbons (Fsp3) is 0.444. The van der Waals surface area contributed by atoms with Gasteiger partial charge in [-0.1, -0.05) is 24.3 Å². The lowest BCUT2D eigenvalue weighted by Crippen LogP contribution is -2.32. The third kappa shape index (κ3) is 6.95. The highest BCUT2D eigenvalue weighted by atomic mass is 32.2. The number of aromatic nitrogens is 2. The minimum Gasteiger partial charge on any atom is -0.358 e. The molecule has 0 saturated heterocycles. The second-order valence-electron chi connectivity index (χ2n) is 6.92. The number of benzene rings is 1. The quantitative estimate of drug-likeness (QED) is 0.440. The molecule has 1 amide bonds. The van der Waals surface area contributed by atoms with Crippen LogP contribution in [-0.2, 0) is 33.7 Å². The second-order valence-corrected chi connectivity index (χ2v) is 8.68. The van der Waals surface area contributed by atoms with Crippen molar-refractivity contribution < 1.29 is 18.1 Å². The van der Waals surface area contributed by atoms with E-state index < -0.39 is 14.9 Å². The number of carbonyl (C=O) groups is 1. The van der Waals surface area contributed by atoms with Gasteiger partial charge in [-0.05, 0) is 34.9 Å². The number of hydrogen-bond acceptors (Lipinski definition) is 6. The van der Waals surface area contributed by atoms with Crippen molar-refractivity contribution in [3.05, 3.63) is 57.5 Å². The summed E-state index contributed by atoms with van der Waals surface area (Å²) in [6.45, 7) is 5.58. The van der Waals surface area contributed by atoms with Gasteiger partial charge in [0.2, 0.25) is 21.8 Å². The fourth-order valence-electron chi connectivity index (χ4n) is 2.79. The van der Waals surface area contributed by atoms with Gasteiger partial charge in [0.05, 0.1) is 5.75 Å². The summed E-state index contributed by atoms with van der Waals surface area (Å²) in [6, 6.07) is 6.81. The third-order valence-electron chi connectivity index (χ3n) is 4.09. The van der Waals surface area contributed by atoms with Crippen LogP contribution in [0.3, 0.4) is 0 Å². The first-order valence-electron chi connectivity index (χ1n) is 9.09. The predicted octanol–water partition coefficient (Wildman–Crippen LogP) is 1.63. The highest BCUT2D eigenvalue weighted by molar-refractivity contribution is 7.88. The first kappa shape index (κ1) is 22.5. The molecule has 10 nitrogen and oxygen atoms in total. The molecule has 0 fully saturated rings. The maximum Gasteiger partial charge on any atom is 0.381 e. The summed E-state index contributed by atoms with van der Waals surface area (Å²) in [5, 5.41) is 13.5. The number of carbonyl (C=O) groups excluding carboxylic acids is 1. The van der Waals surface area contributed by atoms with E-state index in [1.54, 1.807) is 49.6 Å². The van der Waals surface area contributed by atoms with Crippen molar-refractivity contribution in [2.75, 3.05) is 0 Å². The summed E-state index contributed by atoms with van der Waals surface area (Å²) < 4.78 is 28.5. The molecule has 0 aliphatic rings. The number of nitro groups is 1. The lowest BCUT2D eigenvalue weighted by atomic mass is 10.1. The minimum absolute atomic E-state index is 0.115. The van der Waals surface area contributed by atoms with Gasteiger partial charge in [0.15, 0.2) is 0 Å². The van der Waals surface area contributed by atoms with E-state index in [9.17, 15) is 23.3 Å². The van der Waals surface area contributed by atoms with E-state index in [0.717, 1.165) is 0 Å². The van der Waals surface area contributed by atoms with Crippen molar-refractivity contribution >= 4 is 21.7 Å². The van der Waals surface area contributed by atoms with Gasteiger partial charge in [-0.15, -0.1) is 0 Å². The summed E-state index contributed by atoms with van der Waals surface area (Å²) in [7, 11) is -3.48. The number of nitrogens with zero attached hydrogens (tertiary/aromatic N) is 3. The molecule has 1 aromatic heterocycles. The maximum atomic E-state index is 12.2.